The largest absolute Gasteiger partial charge is 0.493 e. The van der Waals surface area contributed by atoms with E-state index in [9.17, 15) is 0 Å². The zero-order valence-electron chi connectivity index (χ0n) is 14.8. The monoisotopic (exact) mass is 330 g/mol. The predicted octanol–water partition coefficient (Wildman–Crippen LogP) is 6.94. The lowest BCUT2D eigenvalue weighted by Crippen LogP contribution is -1.97. The van der Waals surface area contributed by atoms with Crippen LogP contribution in [0.3, 0.4) is 0 Å². The highest BCUT2D eigenvalue weighted by atomic mass is 32.2. The van der Waals surface area contributed by atoms with Crippen molar-refractivity contribution in [2.45, 2.75) is 57.8 Å². The van der Waals surface area contributed by atoms with Gasteiger partial charge in [-0.25, -0.2) is 0 Å². The molecule has 0 aliphatic heterocycles. The molecule has 0 radical (unpaired) electrons. The summed E-state index contributed by atoms with van der Waals surface area (Å²) in [6.45, 7) is 7.63. The van der Waals surface area contributed by atoms with E-state index in [1.807, 2.05) is 11.8 Å². The van der Waals surface area contributed by atoms with Gasteiger partial charge in [0.15, 0.2) is 0 Å². The van der Waals surface area contributed by atoms with E-state index in [0.29, 0.717) is 0 Å². The number of hydrogen-bond acceptors (Lipinski definition) is 2. The molecule has 0 heterocycles. The van der Waals surface area contributed by atoms with Crippen LogP contribution in [0.5, 0.6) is 5.75 Å². The van der Waals surface area contributed by atoms with Crippen LogP contribution in [0, 0.1) is 5.92 Å². The minimum absolute atomic E-state index is 0.807. The summed E-state index contributed by atoms with van der Waals surface area (Å²) < 4.78 is 5.98. The Kier molecular flexibility index (Phi) is 7.81. The normalized spacial score (nSPS) is 12.5. The molecule has 0 bridgehead atoms. The van der Waals surface area contributed by atoms with Gasteiger partial charge in [-0.15, -0.1) is 11.8 Å². The maximum atomic E-state index is 5.98. The van der Waals surface area contributed by atoms with Gasteiger partial charge in [0.2, 0.25) is 0 Å². The Bertz CT molecular complexity index is 593. The lowest BCUT2D eigenvalue weighted by atomic mass is 10.0. The third-order valence-corrected chi connectivity index (χ3v) is 5.56. The van der Waals surface area contributed by atoms with Crippen molar-refractivity contribution in [3.8, 4) is 5.75 Å². The van der Waals surface area contributed by atoms with Gasteiger partial charge in [-0.1, -0.05) is 57.9 Å². The highest BCUT2D eigenvalue weighted by Crippen LogP contribution is 2.34. The molecule has 0 aromatic heterocycles. The van der Waals surface area contributed by atoms with Gasteiger partial charge in [-0.3, -0.25) is 0 Å². The summed E-state index contributed by atoms with van der Waals surface area (Å²) in [6, 6.07) is 13.0. The second-order valence-corrected chi connectivity index (χ2v) is 7.45. The van der Waals surface area contributed by atoms with E-state index < -0.39 is 0 Å². The van der Waals surface area contributed by atoms with Gasteiger partial charge in [0.25, 0.3) is 0 Å². The van der Waals surface area contributed by atoms with E-state index in [1.165, 1.54) is 47.1 Å². The van der Waals surface area contributed by atoms with Crippen LogP contribution in [-0.2, 0) is 0 Å². The minimum Gasteiger partial charge on any atom is -0.493 e. The summed E-state index contributed by atoms with van der Waals surface area (Å²) in [7, 11) is 0. The van der Waals surface area contributed by atoms with E-state index in [2.05, 4.69) is 57.2 Å². The molecule has 0 aliphatic rings. The second kappa shape index (κ2) is 9.87. The Hall–Kier alpha value is -1.15. The fourth-order valence-corrected chi connectivity index (χ4v) is 3.67. The van der Waals surface area contributed by atoms with Crippen LogP contribution < -0.4 is 4.74 Å². The van der Waals surface area contributed by atoms with Crippen molar-refractivity contribution in [2.75, 3.05) is 12.4 Å². The Morgan fingerprint density at radius 3 is 2.52 bits per heavy atom. The van der Waals surface area contributed by atoms with Crippen molar-refractivity contribution in [3.05, 3.63) is 36.4 Å². The van der Waals surface area contributed by atoms with Gasteiger partial charge in [0.05, 0.1) is 6.61 Å². The number of hydrogen-bond donors (Lipinski definition) is 0. The summed E-state index contributed by atoms with van der Waals surface area (Å²) in [6.07, 6.45) is 6.20. The number of thioether (sulfide) groups is 1. The summed E-state index contributed by atoms with van der Waals surface area (Å²) >= 11 is 1.98. The number of fused-ring (bicyclic) bond motifs is 1. The van der Waals surface area contributed by atoms with Crippen LogP contribution in [0.1, 0.15) is 52.9 Å². The Balaban J connectivity index is 2.05. The smallest absolute Gasteiger partial charge is 0.127 e. The second-order valence-electron chi connectivity index (χ2n) is 6.31. The minimum atomic E-state index is 0.807. The van der Waals surface area contributed by atoms with Crippen molar-refractivity contribution >= 4 is 22.5 Å². The van der Waals surface area contributed by atoms with Crippen molar-refractivity contribution in [1.82, 2.24) is 0 Å². The molecule has 0 saturated carbocycles. The fraction of sp³-hybridized carbons (Fsp3) is 0.524. The van der Waals surface area contributed by atoms with Gasteiger partial charge in [0.1, 0.15) is 5.75 Å². The van der Waals surface area contributed by atoms with Crippen LogP contribution in [-0.4, -0.2) is 12.4 Å². The molecule has 1 atom stereocenters. The van der Waals surface area contributed by atoms with E-state index in [0.717, 1.165) is 24.7 Å². The lowest BCUT2D eigenvalue weighted by Gasteiger charge is -2.13. The number of benzene rings is 2. The van der Waals surface area contributed by atoms with E-state index in [-0.39, 0.29) is 0 Å². The zero-order valence-corrected chi connectivity index (χ0v) is 15.6. The highest BCUT2D eigenvalue weighted by molar-refractivity contribution is 7.99. The van der Waals surface area contributed by atoms with Crippen molar-refractivity contribution in [2.24, 2.45) is 5.92 Å². The fourth-order valence-electron chi connectivity index (χ4n) is 2.64. The van der Waals surface area contributed by atoms with Crippen LogP contribution in [0.4, 0.5) is 0 Å². The molecule has 2 heteroatoms. The van der Waals surface area contributed by atoms with E-state index in [4.69, 9.17) is 4.74 Å². The third kappa shape index (κ3) is 5.46. The molecule has 1 unspecified atom stereocenters. The first-order valence-electron chi connectivity index (χ1n) is 9.03. The molecule has 2 rings (SSSR count). The van der Waals surface area contributed by atoms with Crippen molar-refractivity contribution in [1.29, 1.82) is 0 Å². The quantitative estimate of drug-likeness (QED) is 0.345. The molecule has 2 aromatic carbocycles. The van der Waals surface area contributed by atoms with Gasteiger partial charge in [0, 0.05) is 10.3 Å². The Morgan fingerprint density at radius 1 is 1.00 bits per heavy atom. The molecule has 0 saturated heterocycles. The molecule has 23 heavy (non-hydrogen) atoms. The molecule has 1 nitrogen and oxygen atoms in total. The first-order chi connectivity index (χ1) is 11.3. The average molecular weight is 331 g/mol. The standard InChI is InChI=1S/C21H30OS/c1-4-6-15-22-20-13-14-21(19-12-8-7-11-18(19)20)23-16-9-10-17(3)5-2/h7-8,11-14,17H,4-6,9-10,15-16H2,1-3H3. The summed E-state index contributed by atoms with van der Waals surface area (Å²) in [5.74, 6) is 3.07. The van der Waals surface area contributed by atoms with E-state index >= 15 is 0 Å². The highest BCUT2D eigenvalue weighted by Gasteiger charge is 2.07. The van der Waals surface area contributed by atoms with Crippen molar-refractivity contribution in [3.63, 3.8) is 0 Å². The molecule has 0 fully saturated rings. The van der Waals surface area contributed by atoms with Gasteiger partial charge in [-0.2, -0.15) is 0 Å². The predicted molar refractivity (Wildman–Crippen MR) is 104 cm³/mol. The number of unbranched alkanes of at least 4 members (excludes halogenated alkanes) is 1. The first-order valence-corrected chi connectivity index (χ1v) is 10.0. The first kappa shape index (κ1) is 18.2. The molecule has 126 valence electrons. The number of ether oxygens (including phenoxy) is 1. The van der Waals surface area contributed by atoms with Gasteiger partial charge >= 0.3 is 0 Å². The molecule has 0 aliphatic carbocycles. The molecule has 0 amide bonds. The summed E-state index contributed by atoms with van der Waals surface area (Å²) in [5, 5.41) is 2.57. The molecule has 2 aromatic rings. The Morgan fingerprint density at radius 2 is 1.78 bits per heavy atom. The maximum absolute atomic E-state index is 5.98. The molecule has 0 spiro atoms. The van der Waals surface area contributed by atoms with Crippen LogP contribution in [0.15, 0.2) is 41.3 Å². The topological polar surface area (TPSA) is 9.23 Å². The molecular formula is C21H30OS. The van der Waals surface area contributed by atoms with Crippen LogP contribution >= 0.6 is 11.8 Å². The summed E-state index contributed by atoms with van der Waals surface area (Å²) in [4.78, 5) is 1.38. The average Bonchev–Trinajstić information content (AvgIpc) is 2.59. The van der Waals surface area contributed by atoms with Gasteiger partial charge < -0.3 is 4.74 Å². The molecule has 0 N–H and O–H groups in total. The van der Waals surface area contributed by atoms with Gasteiger partial charge in [-0.05, 0) is 48.5 Å². The SMILES string of the molecule is CCCCOc1ccc(SCCCC(C)CC)c2ccccc12. The lowest BCUT2D eigenvalue weighted by molar-refractivity contribution is 0.313. The number of rotatable bonds is 10. The molecular weight excluding hydrogens is 300 g/mol. The summed E-state index contributed by atoms with van der Waals surface area (Å²) in [5.41, 5.74) is 0. The van der Waals surface area contributed by atoms with Crippen LogP contribution in [0.25, 0.3) is 10.8 Å². The van der Waals surface area contributed by atoms with Crippen LogP contribution in [0.2, 0.25) is 0 Å². The van der Waals surface area contributed by atoms with Crippen molar-refractivity contribution < 1.29 is 4.74 Å². The third-order valence-electron chi connectivity index (χ3n) is 4.40. The van der Waals surface area contributed by atoms with E-state index in [1.54, 1.807) is 0 Å². The Labute approximate surface area is 145 Å². The zero-order chi connectivity index (χ0) is 16.5. The maximum Gasteiger partial charge on any atom is 0.127 e.